The lowest BCUT2D eigenvalue weighted by Gasteiger charge is -2.31. The number of ether oxygens (including phenoxy) is 2. The molecule has 3 aromatic rings. The van der Waals surface area contributed by atoms with E-state index in [0.717, 1.165) is 12.8 Å². The van der Waals surface area contributed by atoms with Crippen molar-refractivity contribution in [2.24, 2.45) is 5.92 Å². The first-order valence-electron chi connectivity index (χ1n) is 12.7. The number of nitrogens with zero attached hydrogens (tertiary/aromatic N) is 5. The fraction of sp³-hybridized carbons (Fsp3) is 0.480. The molecule has 14 heteroatoms. The molecule has 1 aliphatic rings. The number of benzene rings is 1. The summed E-state index contributed by atoms with van der Waals surface area (Å²) in [4.78, 5) is 39.7. The van der Waals surface area contributed by atoms with Gasteiger partial charge in [-0.15, -0.1) is 0 Å². The van der Waals surface area contributed by atoms with Crippen molar-refractivity contribution in [3.05, 3.63) is 41.4 Å². The van der Waals surface area contributed by atoms with Crippen LogP contribution in [0.25, 0.3) is 11.2 Å². The van der Waals surface area contributed by atoms with Gasteiger partial charge >= 0.3 is 6.09 Å². The van der Waals surface area contributed by atoms with E-state index < -0.39 is 30.8 Å². The summed E-state index contributed by atoms with van der Waals surface area (Å²) in [6.07, 6.45) is 0.429. The normalized spacial score (nSPS) is 15.7. The van der Waals surface area contributed by atoms with Crippen molar-refractivity contribution in [1.82, 2.24) is 29.7 Å². The quantitative estimate of drug-likeness (QED) is 0.282. The predicted molar refractivity (Wildman–Crippen MR) is 142 cm³/mol. The second-order valence-corrected chi connectivity index (χ2v) is 9.67. The number of nitrogen functional groups attached to an aromatic ring is 1. The molecule has 3 heterocycles. The summed E-state index contributed by atoms with van der Waals surface area (Å²) in [6.45, 7) is 2.37. The van der Waals surface area contributed by atoms with Crippen LogP contribution in [0.4, 0.5) is 10.6 Å². The number of piperidine rings is 1. The van der Waals surface area contributed by atoms with Gasteiger partial charge in [0.25, 0.3) is 5.91 Å². The van der Waals surface area contributed by atoms with E-state index >= 15 is 0 Å². The van der Waals surface area contributed by atoms with Crippen LogP contribution in [0.2, 0.25) is 5.02 Å². The second kappa shape index (κ2) is 13.0. The lowest BCUT2D eigenvalue weighted by molar-refractivity contribution is -0.147. The molecule has 0 aliphatic carbocycles. The van der Waals surface area contributed by atoms with Gasteiger partial charge in [0.15, 0.2) is 17.6 Å². The fourth-order valence-corrected chi connectivity index (χ4v) is 4.46. The molecule has 0 radical (unpaired) electrons. The van der Waals surface area contributed by atoms with E-state index in [0.29, 0.717) is 53.8 Å². The summed E-state index contributed by atoms with van der Waals surface area (Å²) in [5, 5.41) is 22.5. The summed E-state index contributed by atoms with van der Waals surface area (Å²) in [5.41, 5.74) is 6.96. The maximum atomic E-state index is 12.5. The maximum absolute atomic E-state index is 12.5. The third-order valence-electron chi connectivity index (χ3n) is 6.44. The summed E-state index contributed by atoms with van der Waals surface area (Å²) in [5.74, 6) is 0.873. The molecule has 1 unspecified atom stereocenters. The number of halogens is 1. The molecule has 4 rings (SSSR count). The minimum atomic E-state index is -1.39. The van der Waals surface area contributed by atoms with Gasteiger partial charge in [0.05, 0.1) is 12.9 Å². The molecule has 2 aromatic heterocycles. The summed E-state index contributed by atoms with van der Waals surface area (Å²) >= 11 is 5.88. The monoisotopic (exact) mass is 561 g/mol. The molecule has 39 heavy (non-hydrogen) atoms. The Hall–Kier alpha value is -3.52. The van der Waals surface area contributed by atoms with E-state index in [2.05, 4.69) is 20.3 Å². The molecule has 5 N–H and O–H groups in total. The van der Waals surface area contributed by atoms with Crippen LogP contribution in [0, 0.1) is 5.92 Å². The van der Waals surface area contributed by atoms with E-state index in [4.69, 9.17) is 26.8 Å². The van der Waals surface area contributed by atoms with Crippen molar-refractivity contribution in [3.63, 3.8) is 0 Å². The van der Waals surface area contributed by atoms with Crippen LogP contribution in [0.5, 0.6) is 5.75 Å². The number of aliphatic hydroxyl groups excluding tert-OH is 2. The highest BCUT2D eigenvalue weighted by molar-refractivity contribution is 6.30. The zero-order valence-electron chi connectivity index (χ0n) is 21.5. The van der Waals surface area contributed by atoms with Crippen LogP contribution >= 0.6 is 11.6 Å². The van der Waals surface area contributed by atoms with Crippen molar-refractivity contribution in [2.75, 3.05) is 32.0 Å². The van der Waals surface area contributed by atoms with E-state index in [-0.39, 0.29) is 18.5 Å². The van der Waals surface area contributed by atoms with E-state index in [1.165, 1.54) is 6.33 Å². The molecule has 1 aromatic carbocycles. The SMILES string of the molecule is CCNC(=O)[C@@H](OCn1cnc2c(N)nc(CC3CCN(C(=O)Oc4ccc(Cl)cc4)CC3)nc21)C(O)CO. The molecule has 0 bridgehead atoms. The summed E-state index contributed by atoms with van der Waals surface area (Å²) in [7, 11) is 0. The van der Waals surface area contributed by atoms with Gasteiger partial charge in [0, 0.05) is 31.1 Å². The Morgan fingerprint density at radius 3 is 2.62 bits per heavy atom. The highest BCUT2D eigenvalue weighted by atomic mass is 35.5. The average Bonchev–Trinajstić information content (AvgIpc) is 3.34. The van der Waals surface area contributed by atoms with Crippen LogP contribution in [0.15, 0.2) is 30.6 Å². The van der Waals surface area contributed by atoms with Gasteiger partial charge in [0.1, 0.15) is 29.9 Å². The van der Waals surface area contributed by atoms with Crippen LogP contribution in [0.1, 0.15) is 25.6 Å². The average molecular weight is 562 g/mol. The number of fused-ring (bicyclic) bond motifs is 1. The van der Waals surface area contributed by atoms with Gasteiger partial charge in [-0.2, -0.15) is 0 Å². The zero-order valence-corrected chi connectivity index (χ0v) is 22.3. The van der Waals surface area contributed by atoms with Crippen molar-refractivity contribution < 1.29 is 29.3 Å². The van der Waals surface area contributed by atoms with Crippen molar-refractivity contribution in [3.8, 4) is 5.75 Å². The number of aliphatic hydroxyl groups is 2. The first kappa shape index (κ1) is 28.5. The third kappa shape index (κ3) is 7.12. The van der Waals surface area contributed by atoms with Crippen molar-refractivity contribution in [2.45, 2.75) is 45.1 Å². The van der Waals surface area contributed by atoms with Crippen LogP contribution < -0.4 is 15.8 Å². The van der Waals surface area contributed by atoms with E-state index in [1.807, 2.05) is 0 Å². The topological polar surface area (TPSA) is 178 Å². The number of nitrogens with two attached hydrogens (primary N) is 1. The Bertz CT molecular complexity index is 1280. The number of likely N-dealkylation sites (N-methyl/N-ethyl adjacent to an activating group) is 1. The molecule has 0 saturated carbocycles. The minimum Gasteiger partial charge on any atom is -0.410 e. The Morgan fingerprint density at radius 1 is 1.23 bits per heavy atom. The molecule has 1 saturated heterocycles. The van der Waals surface area contributed by atoms with Gasteiger partial charge in [0.2, 0.25) is 0 Å². The lowest BCUT2D eigenvalue weighted by atomic mass is 9.93. The number of anilines is 1. The highest BCUT2D eigenvalue weighted by Crippen LogP contribution is 2.24. The second-order valence-electron chi connectivity index (χ2n) is 9.23. The smallest absolute Gasteiger partial charge is 0.410 e. The van der Waals surface area contributed by atoms with Gasteiger partial charge in [-0.1, -0.05) is 11.6 Å². The molecule has 1 aliphatic heterocycles. The third-order valence-corrected chi connectivity index (χ3v) is 6.69. The lowest BCUT2D eigenvalue weighted by Crippen LogP contribution is -2.45. The first-order chi connectivity index (χ1) is 18.8. The summed E-state index contributed by atoms with van der Waals surface area (Å²) in [6, 6.07) is 6.62. The number of carbonyl (C=O) groups is 2. The molecule has 13 nitrogen and oxygen atoms in total. The van der Waals surface area contributed by atoms with Gasteiger partial charge in [-0.05, 0) is 49.9 Å². The predicted octanol–water partition coefficient (Wildman–Crippen LogP) is 1.35. The number of aromatic nitrogens is 4. The van der Waals surface area contributed by atoms with Crippen LogP contribution in [0.3, 0.4) is 0 Å². The number of nitrogens with one attached hydrogen (secondary N) is 1. The standard InChI is InChI=1S/C25H32ClN7O6/c1-2-28-24(36)21(18(35)12-34)38-14-33-13-29-20-22(27)30-19(31-23(20)33)11-15-7-9-32(10-8-15)25(37)39-17-5-3-16(26)4-6-17/h3-6,13,15,18,21,34-35H,2,7-12,14H2,1H3,(H,28,36)(H2,27,30,31)/t18?,21-/m0/s1. The first-order valence-corrected chi connectivity index (χ1v) is 13.0. The van der Waals surface area contributed by atoms with Crippen molar-refractivity contribution >= 4 is 40.6 Å². The number of likely N-dealkylation sites (tertiary alicyclic amines) is 1. The van der Waals surface area contributed by atoms with Gasteiger partial charge in [-0.3, -0.25) is 9.36 Å². The summed E-state index contributed by atoms with van der Waals surface area (Å²) < 4.78 is 12.6. The largest absolute Gasteiger partial charge is 0.415 e. The number of imidazole rings is 1. The Balaban J connectivity index is 1.37. The number of hydrogen-bond donors (Lipinski definition) is 4. The number of amides is 2. The maximum Gasteiger partial charge on any atom is 0.415 e. The number of hydrogen-bond acceptors (Lipinski definition) is 10. The number of carbonyl (C=O) groups excluding carboxylic acids is 2. The van der Waals surface area contributed by atoms with E-state index in [1.54, 1.807) is 40.7 Å². The molecular weight excluding hydrogens is 530 g/mol. The van der Waals surface area contributed by atoms with E-state index in [9.17, 15) is 19.8 Å². The van der Waals surface area contributed by atoms with Crippen molar-refractivity contribution in [1.29, 1.82) is 0 Å². The fourth-order valence-electron chi connectivity index (χ4n) is 4.34. The zero-order chi connectivity index (χ0) is 27.9. The van der Waals surface area contributed by atoms with Gasteiger partial charge < -0.3 is 35.6 Å². The minimum absolute atomic E-state index is 0.153. The van der Waals surface area contributed by atoms with Crippen LogP contribution in [-0.4, -0.2) is 85.1 Å². The van der Waals surface area contributed by atoms with Crippen LogP contribution in [-0.2, 0) is 22.7 Å². The molecule has 0 spiro atoms. The molecular formula is C25H32ClN7O6. The molecule has 210 valence electrons. The van der Waals surface area contributed by atoms with Gasteiger partial charge in [-0.25, -0.2) is 19.7 Å². The Labute approximate surface area is 229 Å². The Kier molecular flexibility index (Phi) is 9.51. The molecule has 2 amide bonds. The highest BCUT2D eigenvalue weighted by Gasteiger charge is 2.28. The molecule has 2 atom stereocenters. The number of rotatable bonds is 10. The molecule has 1 fully saturated rings. The Morgan fingerprint density at radius 2 is 1.95 bits per heavy atom.